The molecule has 3 aliphatic rings. The number of rotatable bonds is 5. The van der Waals surface area contributed by atoms with Crippen LogP contribution in [0.1, 0.15) is 32.6 Å². The van der Waals surface area contributed by atoms with Crippen molar-refractivity contribution in [1.82, 2.24) is 5.32 Å². The van der Waals surface area contributed by atoms with Crippen molar-refractivity contribution in [1.29, 1.82) is 0 Å². The van der Waals surface area contributed by atoms with Crippen LogP contribution in [-0.4, -0.2) is 40.4 Å². The smallest absolute Gasteiger partial charge is 0.339 e. The molecule has 0 radical (unpaired) electrons. The first-order valence-corrected chi connectivity index (χ1v) is 10.8. The van der Waals surface area contributed by atoms with Gasteiger partial charge in [0.1, 0.15) is 0 Å². The van der Waals surface area contributed by atoms with Crippen molar-refractivity contribution >= 4 is 29.1 Å². The second-order valence-electron chi connectivity index (χ2n) is 6.56. The second kappa shape index (κ2) is 5.85. The maximum atomic E-state index is 12.4. The van der Waals surface area contributed by atoms with Gasteiger partial charge in [-0.25, -0.2) is 4.79 Å². The quantitative estimate of drug-likeness (QED) is 0.449. The lowest BCUT2D eigenvalue weighted by Gasteiger charge is -2.54. The molecular formula is C15H23NO4P2. The Morgan fingerprint density at radius 2 is 2.36 bits per heavy atom. The standard InChI is InChI=1S/C15H23NO4P2/c1-14-10(7-8-22-21)12(18)16-15(14,13(19)20-14)11(17)9-5-3-2-4-6-9/h3,5,9-11,17,22H,2,4,6-8,21H2,1H3,(H,16,18)/t9-,10+,11+,14+,15+/m1/s1. The molecule has 2 fully saturated rings. The van der Waals surface area contributed by atoms with E-state index >= 15 is 0 Å². The van der Waals surface area contributed by atoms with Crippen LogP contribution in [0.3, 0.4) is 0 Å². The highest BCUT2D eigenvalue weighted by atomic mass is 32.0. The maximum Gasteiger partial charge on any atom is 0.339 e. The lowest BCUT2D eigenvalue weighted by Crippen LogP contribution is -2.80. The lowest BCUT2D eigenvalue weighted by molar-refractivity contribution is -0.238. The van der Waals surface area contributed by atoms with Gasteiger partial charge in [0.15, 0.2) is 5.60 Å². The normalized spacial score (nSPS) is 42.0. The summed E-state index contributed by atoms with van der Waals surface area (Å²) in [4.78, 5) is 24.7. The third kappa shape index (κ3) is 2.09. The molecule has 2 unspecified atom stereocenters. The van der Waals surface area contributed by atoms with E-state index in [0.717, 1.165) is 25.4 Å². The molecule has 0 saturated carbocycles. The Hall–Kier alpha value is -0.500. The molecule has 0 aromatic rings. The van der Waals surface area contributed by atoms with Crippen molar-refractivity contribution in [3.05, 3.63) is 12.2 Å². The summed E-state index contributed by atoms with van der Waals surface area (Å²) in [5.74, 6) is -1.15. The number of ether oxygens (including phenoxy) is 1. The Bertz CT molecular complexity index is 526. The van der Waals surface area contributed by atoms with Crippen LogP contribution in [0.4, 0.5) is 0 Å². The third-order valence-electron chi connectivity index (χ3n) is 5.43. The van der Waals surface area contributed by atoms with Crippen LogP contribution in [0.2, 0.25) is 0 Å². The van der Waals surface area contributed by atoms with Crippen LogP contribution in [0, 0.1) is 11.8 Å². The van der Waals surface area contributed by atoms with Crippen LogP contribution >= 0.6 is 17.2 Å². The number of aliphatic hydroxyl groups is 1. The Balaban J connectivity index is 1.90. The molecule has 2 heterocycles. The molecule has 0 aromatic carbocycles. The first-order valence-electron chi connectivity index (χ1n) is 7.81. The van der Waals surface area contributed by atoms with Crippen LogP contribution in [-0.2, 0) is 14.3 Å². The molecule has 0 aromatic heterocycles. The molecule has 3 rings (SSSR count). The Kier molecular flexibility index (Phi) is 4.35. The van der Waals surface area contributed by atoms with E-state index in [1.165, 1.54) is 0 Å². The Morgan fingerprint density at radius 3 is 2.95 bits per heavy atom. The molecule has 1 aliphatic carbocycles. The number of hydrogen-bond donors (Lipinski definition) is 2. The number of esters is 1. The van der Waals surface area contributed by atoms with Crippen molar-refractivity contribution in [2.24, 2.45) is 11.8 Å². The van der Waals surface area contributed by atoms with Crippen LogP contribution in [0.15, 0.2) is 12.2 Å². The summed E-state index contributed by atoms with van der Waals surface area (Å²) in [5, 5.41) is 13.7. The second-order valence-corrected chi connectivity index (χ2v) is 8.69. The average Bonchev–Trinajstić information content (AvgIpc) is 2.69. The molecule has 7 atom stereocenters. The minimum absolute atomic E-state index is 0.108. The number of nitrogens with one attached hydrogen (secondary N) is 1. The predicted molar refractivity (Wildman–Crippen MR) is 88.9 cm³/mol. The minimum atomic E-state index is -1.27. The fourth-order valence-electron chi connectivity index (χ4n) is 4.11. The first-order chi connectivity index (χ1) is 10.5. The fraction of sp³-hybridized carbons (Fsp3) is 0.733. The zero-order chi connectivity index (χ0) is 16.0. The number of hydrogen-bond acceptors (Lipinski definition) is 4. The molecule has 122 valence electrons. The van der Waals surface area contributed by atoms with Gasteiger partial charge >= 0.3 is 5.97 Å². The number of fused-ring (bicyclic) bond motifs is 1. The molecule has 5 nitrogen and oxygen atoms in total. The summed E-state index contributed by atoms with van der Waals surface area (Å²) in [6, 6.07) is 0. The van der Waals surface area contributed by atoms with Crippen molar-refractivity contribution in [3.63, 3.8) is 0 Å². The third-order valence-corrected chi connectivity index (χ3v) is 6.87. The summed E-state index contributed by atoms with van der Waals surface area (Å²) < 4.78 is 5.44. The molecule has 7 heteroatoms. The average molecular weight is 343 g/mol. The van der Waals surface area contributed by atoms with Gasteiger partial charge in [-0.3, -0.25) is 4.79 Å². The largest absolute Gasteiger partial charge is 0.453 e. The van der Waals surface area contributed by atoms with Crippen LogP contribution < -0.4 is 5.32 Å². The summed E-state index contributed by atoms with van der Waals surface area (Å²) >= 11 is 0. The fourth-order valence-corrected chi connectivity index (χ4v) is 5.06. The van der Waals surface area contributed by atoms with E-state index in [2.05, 4.69) is 14.2 Å². The summed E-state index contributed by atoms with van der Waals surface area (Å²) in [5.41, 5.74) is -2.21. The molecule has 2 saturated heterocycles. The minimum Gasteiger partial charge on any atom is -0.453 e. The van der Waals surface area contributed by atoms with E-state index in [1.807, 2.05) is 12.2 Å². The zero-order valence-electron chi connectivity index (χ0n) is 12.7. The molecule has 0 spiro atoms. The highest BCUT2D eigenvalue weighted by molar-refractivity contribution is 8.02. The van der Waals surface area contributed by atoms with Gasteiger partial charge in [0.05, 0.1) is 12.0 Å². The molecule has 2 aliphatic heterocycles. The summed E-state index contributed by atoms with van der Waals surface area (Å²) in [6.07, 6.45) is 7.47. The number of amides is 1. The molecular weight excluding hydrogens is 320 g/mol. The highest BCUT2D eigenvalue weighted by Gasteiger charge is 2.79. The Morgan fingerprint density at radius 1 is 1.59 bits per heavy atom. The van der Waals surface area contributed by atoms with Gasteiger partial charge in [0.2, 0.25) is 11.4 Å². The summed E-state index contributed by atoms with van der Waals surface area (Å²) in [7, 11) is 3.34. The lowest BCUT2D eigenvalue weighted by atomic mass is 9.64. The first kappa shape index (κ1) is 16.4. The highest BCUT2D eigenvalue weighted by Crippen LogP contribution is 2.53. The molecule has 22 heavy (non-hydrogen) atoms. The topological polar surface area (TPSA) is 75.6 Å². The summed E-state index contributed by atoms with van der Waals surface area (Å²) in [6.45, 7) is 1.79. The van der Waals surface area contributed by atoms with E-state index in [-0.39, 0.29) is 17.7 Å². The van der Waals surface area contributed by atoms with E-state index in [9.17, 15) is 14.7 Å². The van der Waals surface area contributed by atoms with Gasteiger partial charge in [-0.2, -0.15) is 0 Å². The van der Waals surface area contributed by atoms with Gasteiger partial charge in [-0.15, -0.1) is 17.2 Å². The maximum absolute atomic E-state index is 12.4. The molecule has 0 bridgehead atoms. The van der Waals surface area contributed by atoms with E-state index < -0.39 is 23.2 Å². The van der Waals surface area contributed by atoms with Crippen molar-refractivity contribution < 1.29 is 19.4 Å². The number of aliphatic hydroxyl groups excluding tert-OH is 1. The van der Waals surface area contributed by atoms with Crippen molar-refractivity contribution in [2.75, 3.05) is 6.16 Å². The van der Waals surface area contributed by atoms with Gasteiger partial charge in [-0.1, -0.05) is 12.2 Å². The number of carbonyl (C=O) groups is 2. The monoisotopic (exact) mass is 343 g/mol. The van der Waals surface area contributed by atoms with Gasteiger partial charge in [0.25, 0.3) is 0 Å². The Labute approximate surface area is 134 Å². The molecule has 2 N–H and O–H groups in total. The van der Waals surface area contributed by atoms with Gasteiger partial charge in [0, 0.05) is 5.92 Å². The molecule has 1 amide bonds. The van der Waals surface area contributed by atoms with Crippen molar-refractivity contribution in [3.8, 4) is 0 Å². The van der Waals surface area contributed by atoms with E-state index in [0.29, 0.717) is 14.7 Å². The van der Waals surface area contributed by atoms with E-state index in [1.54, 1.807) is 6.92 Å². The zero-order valence-corrected chi connectivity index (χ0v) is 14.8. The van der Waals surface area contributed by atoms with Crippen LogP contribution in [0.5, 0.6) is 0 Å². The van der Waals surface area contributed by atoms with Crippen LogP contribution in [0.25, 0.3) is 0 Å². The predicted octanol–water partition coefficient (Wildman–Crippen LogP) is 1.36. The SMILES string of the molecule is C[C@@]12OC(=O)[C@]1([C@@H](O)[C@@H]1C=CCCC1)NC(=O)[C@@H]2CCPP. The number of carbonyl (C=O) groups excluding carboxylic acids is 2. The van der Waals surface area contributed by atoms with Crippen molar-refractivity contribution in [2.45, 2.75) is 49.9 Å². The van der Waals surface area contributed by atoms with Gasteiger partial charge < -0.3 is 15.2 Å². The van der Waals surface area contributed by atoms with E-state index in [4.69, 9.17) is 4.74 Å². The van der Waals surface area contributed by atoms with Gasteiger partial charge in [-0.05, 0) is 38.8 Å². The number of allylic oxidation sites excluding steroid dienone is 1.